The number of benzene rings is 2. The summed E-state index contributed by atoms with van der Waals surface area (Å²) in [7, 11) is 2.84. The molecule has 0 aliphatic rings. The molecule has 3 rings (SSSR count). The Bertz CT molecular complexity index is 1150. The number of aryl methyl sites for hydroxylation is 2. The largest absolute Gasteiger partial charge is 0.493 e. The first-order valence-electron chi connectivity index (χ1n) is 9.72. The van der Waals surface area contributed by atoms with Crippen molar-refractivity contribution in [3.05, 3.63) is 76.7 Å². The summed E-state index contributed by atoms with van der Waals surface area (Å²) >= 11 is 0. The Morgan fingerprint density at radius 1 is 0.938 bits per heavy atom. The summed E-state index contributed by atoms with van der Waals surface area (Å²) in [4.78, 5) is 37.9. The number of carbonyl (C=O) groups excluding carboxylic acids is 3. The van der Waals surface area contributed by atoms with Gasteiger partial charge in [-0.25, -0.2) is 4.79 Å². The molecule has 0 aliphatic carbocycles. The third kappa shape index (κ3) is 4.97. The first-order chi connectivity index (χ1) is 15.3. The SMILES string of the molecule is COc1cc(NC(=O)c2ccco2)c(C(=O)OCC(=O)c2cc(C)ccc2C)cc1OC. The van der Waals surface area contributed by atoms with Crippen LogP contribution >= 0.6 is 0 Å². The lowest BCUT2D eigenvalue weighted by Gasteiger charge is -2.15. The van der Waals surface area contributed by atoms with Gasteiger partial charge in [-0.2, -0.15) is 0 Å². The van der Waals surface area contributed by atoms with E-state index in [1.54, 1.807) is 12.1 Å². The first kappa shape index (κ1) is 22.6. The number of nitrogens with one attached hydrogen (secondary N) is 1. The molecule has 3 aromatic rings. The molecule has 0 fully saturated rings. The molecule has 0 aliphatic heterocycles. The van der Waals surface area contributed by atoms with Crippen LogP contribution in [0.3, 0.4) is 0 Å². The number of rotatable bonds is 8. The monoisotopic (exact) mass is 437 g/mol. The van der Waals surface area contributed by atoms with Gasteiger partial charge in [0.15, 0.2) is 23.9 Å². The molecule has 0 unspecified atom stereocenters. The van der Waals surface area contributed by atoms with E-state index < -0.39 is 18.5 Å². The molecule has 0 radical (unpaired) electrons. The number of furan rings is 1. The van der Waals surface area contributed by atoms with Crippen LogP contribution in [-0.4, -0.2) is 38.5 Å². The molecule has 166 valence electrons. The van der Waals surface area contributed by atoms with Crippen molar-refractivity contribution >= 4 is 23.3 Å². The van der Waals surface area contributed by atoms with Crippen LogP contribution < -0.4 is 14.8 Å². The van der Waals surface area contributed by atoms with Gasteiger partial charge in [-0.1, -0.05) is 17.7 Å². The van der Waals surface area contributed by atoms with Gasteiger partial charge >= 0.3 is 5.97 Å². The molecule has 0 saturated heterocycles. The van der Waals surface area contributed by atoms with Crippen molar-refractivity contribution in [2.45, 2.75) is 13.8 Å². The molecule has 0 saturated carbocycles. The summed E-state index contributed by atoms with van der Waals surface area (Å²) in [6.45, 7) is 3.23. The second-order valence-electron chi connectivity index (χ2n) is 7.00. The predicted octanol–water partition coefficient (Wildman–Crippen LogP) is 4.21. The minimum atomic E-state index is -0.806. The smallest absolute Gasteiger partial charge is 0.340 e. The fraction of sp³-hybridized carbons (Fsp3) is 0.208. The number of carbonyl (C=O) groups is 3. The summed E-state index contributed by atoms with van der Waals surface area (Å²) in [5.74, 6) is -1.09. The van der Waals surface area contributed by atoms with Gasteiger partial charge < -0.3 is 23.9 Å². The average Bonchev–Trinajstić information content (AvgIpc) is 3.33. The number of Topliss-reactive ketones (excluding diaryl/α,β-unsaturated/α-hetero) is 1. The Morgan fingerprint density at radius 3 is 2.31 bits per heavy atom. The number of anilines is 1. The Hall–Kier alpha value is -4.07. The zero-order valence-electron chi connectivity index (χ0n) is 18.2. The Labute approximate surface area is 185 Å². The zero-order chi connectivity index (χ0) is 23.3. The van der Waals surface area contributed by atoms with Crippen molar-refractivity contribution in [2.24, 2.45) is 0 Å². The summed E-state index contributed by atoms with van der Waals surface area (Å²) in [5, 5.41) is 2.60. The van der Waals surface area contributed by atoms with E-state index >= 15 is 0 Å². The summed E-state index contributed by atoms with van der Waals surface area (Å²) < 4.78 is 20.9. The second-order valence-corrected chi connectivity index (χ2v) is 7.00. The number of ether oxygens (including phenoxy) is 3. The quantitative estimate of drug-likeness (QED) is 0.416. The maximum absolute atomic E-state index is 12.8. The van der Waals surface area contributed by atoms with Gasteiger partial charge in [0.2, 0.25) is 5.78 Å². The highest BCUT2D eigenvalue weighted by Gasteiger charge is 2.22. The lowest BCUT2D eigenvalue weighted by Crippen LogP contribution is -2.19. The van der Waals surface area contributed by atoms with E-state index in [-0.39, 0.29) is 28.5 Å². The maximum Gasteiger partial charge on any atom is 0.340 e. The van der Waals surface area contributed by atoms with Crippen LogP contribution in [0.25, 0.3) is 0 Å². The van der Waals surface area contributed by atoms with E-state index in [9.17, 15) is 14.4 Å². The van der Waals surface area contributed by atoms with E-state index in [2.05, 4.69) is 5.32 Å². The van der Waals surface area contributed by atoms with Crippen LogP contribution in [0.2, 0.25) is 0 Å². The minimum absolute atomic E-state index is 0.00341. The lowest BCUT2D eigenvalue weighted by molar-refractivity contribution is 0.0475. The number of methoxy groups -OCH3 is 2. The molecular formula is C24H23NO7. The molecule has 0 spiro atoms. The van der Waals surface area contributed by atoms with Crippen molar-refractivity contribution in [3.63, 3.8) is 0 Å². The summed E-state index contributed by atoms with van der Waals surface area (Å²) in [6.07, 6.45) is 1.36. The number of ketones is 1. The van der Waals surface area contributed by atoms with E-state index in [1.807, 2.05) is 26.0 Å². The van der Waals surface area contributed by atoms with Crippen LogP contribution in [0.15, 0.2) is 53.1 Å². The lowest BCUT2D eigenvalue weighted by atomic mass is 10.0. The van der Waals surface area contributed by atoms with Gasteiger partial charge in [0.25, 0.3) is 5.91 Å². The number of hydrogen-bond donors (Lipinski definition) is 1. The fourth-order valence-electron chi connectivity index (χ4n) is 3.07. The van der Waals surface area contributed by atoms with Crippen molar-refractivity contribution in [3.8, 4) is 11.5 Å². The molecular weight excluding hydrogens is 414 g/mol. The first-order valence-corrected chi connectivity index (χ1v) is 9.72. The van der Waals surface area contributed by atoms with Gasteiger partial charge in [-0.3, -0.25) is 9.59 Å². The van der Waals surface area contributed by atoms with E-state index in [1.165, 1.54) is 38.7 Å². The molecule has 8 nitrogen and oxygen atoms in total. The van der Waals surface area contributed by atoms with E-state index in [0.29, 0.717) is 11.3 Å². The number of hydrogen-bond acceptors (Lipinski definition) is 7. The predicted molar refractivity (Wildman–Crippen MR) is 117 cm³/mol. The highest BCUT2D eigenvalue weighted by Crippen LogP contribution is 2.34. The van der Waals surface area contributed by atoms with Gasteiger partial charge in [-0.15, -0.1) is 0 Å². The maximum atomic E-state index is 12.8. The fourth-order valence-corrected chi connectivity index (χ4v) is 3.07. The molecule has 2 aromatic carbocycles. The molecule has 32 heavy (non-hydrogen) atoms. The topological polar surface area (TPSA) is 104 Å². The van der Waals surface area contributed by atoms with Gasteiger partial charge in [0.05, 0.1) is 31.7 Å². The van der Waals surface area contributed by atoms with Crippen molar-refractivity contribution in [1.29, 1.82) is 0 Å². The van der Waals surface area contributed by atoms with Crippen molar-refractivity contribution in [2.75, 3.05) is 26.1 Å². The molecule has 8 heteroatoms. The second kappa shape index (κ2) is 9.82. The van der Waals surface area contributed by atoms with E-state index in [4.69, 9.17) is 18.6 Å². The molecule has 1 amide bonds. The standard InChI is InChI=1S/C24H23NO7/c1-14-7-8-15(2)16(10-14)19(26)13-32-24(28)17-11-21(29-3)22(30-4)12-18(17)25-23(27)20-6-5-9-31-20/h5-12H,13H2,1-4H3,(H,25,27). The molecule has 1 N–H and O–H groups in total. The Kier molecular flexibility index (Phi) is 6.94. The third-order valence-corrected chi connectivity index (χ3v) is 4.76. The highest BCUT2D eigenvalue weighted by molar-refractivity contribution is 6.08. The van der Waals surface area contributed by atoms with Gasteiger partial charge in [0, 0.05) is 17.7 Å². The molecule has 0 bridgehead atoms. The van der Waals surface area contributed by atoms with Crippen LogP contribution in [0.5, 0.6) is 11.5 Å². The van der Waals surface area contributed by atoms with Crippen LogP contribution in [0, 0.1) is 13.8 Å². The zero-order valence-corrected chi connectivity index (χ0v) is 18.2. The number of esters is 1. The average molecular weight is 437 g/mol. The third-order valence-electron chi connectivity index (χ3n) is 4.76. The summed E-state index contributed by atoms with van der Waals surface area (Å²) in [5.41, 5.74) is 2.31. The molecule has 0 atom stereocenters. The van der Waals surface area contributed by atoms with E-state index in [0.717, 1.165) is 11.1 Å². The normalized spacial score (nSPS) is 10.4. The highest BCUT2D eigenvalue weighted by atomic mass is 16.5. The van der Waals surface area contributed by atoms with Crippen molar-refractivity contribution in [1.82, 2.24) is 0 Å². The summed E-state index contributed by atoms with van der Waals surface area (Å²) in [6, 6.07) is 11.3. The Balaban J connectivity index is 1.85. The molecule has 1 heterocycles. The van der Waals surface area contributed by atoms with Crippen LogP contribution in [0.1, 0.15) is 42.4 Å². The minimum Gasteiger partial charge on any atom is -0.493 e. The van der Waals surface area contributed by atoms with Crippen LogP contribution in [-0.2, 0) is 4.74 Å². The van der Waals surface area contributed by atoms with Gasteiger partial charge in [0.1, 0.15) is 0 Å². The number of amides is 1. The Morgan fingerprint density at radius 2 is 1.66 bits per heavy atom. The molecule has 1 aromatic heterocycles. The van der Waals surface area contributed by atoms with Crippen molar-refractivity contribution < 1.29 is 33.0 Å². The van der Waals surface area contributed by atoms with Crippen LogP contribution in [0.4, 0.5) is 5.69 Å². The van der Waals surface area contributed by atoms with Gasteiger partial charge in [-0.05, 0) is 37.6 Å².